The lowest BCUT2D eigenvalue weighted by molar-refractivity contribution is 0.106. The fourth-order valence-electron chi connectivity index (χ4n) is 2.09. The van der Waals surface area contributed by atoms with Gasteiger partial charge in [-0.05, 0) is 61.0 Å². The summed E-state index contributed by atoms with van der Waals surface area (Å²) < 4.78 is 2.01. The maximum atomic E-state index is 10.3. The molecular weight excluding hydrogens is 332 g/mol. The van der Waals surface area contributed by atoms with Crippen molar-refractivity contribution >= 4 is 37.9 Å². The minimum atomic E-state index is -0.399. The smallest absolute Gasteiger partial charge is 0.0861 e. The predicted molar refractivity (Wildman–Crippen MR) is 74.2 cm³/mol. The summed E-state index contributed by atoms with van der Waals surface area (Å²) in [5.74, 6) is 0.655. The van der Waals surface area contributed by atoms with Gasteiger partial charge in [-0.1, -0.05) is 26.0 Å². The number of aliphatic hydroxyl groups excluding tert-OH is 1. The molecule has 0 heterocycles. The van der Waals surface area contributed by atoms with Crippen LogP contribution in [0.1, 0.15) is 31.1 Å². The van der Waals surface area contributed by atoms with Gasteiger partial charge in [-0.25, -0.2) is 0 Å². The molecule has 2 atom stereocenters. The molecule has 1 aromatic rings. The molecule has 1 aromatic carbocycles. The standard InChI is InChI=1S/C13H14Br2O/c1-7(2)9-4-3-8-5-11(14)12(15)6-10(8)13(9)16/h3-7,9,13,16H,1-2H3/t9-,13-/m0/s1. The molecule has 1 N–H and O–H groups in total. The van der Waals surface area contributed by atoms with Gasteiger partial charge in [-0.3, -0.25) is 0 Å². The fraction of sp³-hybridized carbons (Fsp3) is 0.385. The Labute approximate surface area is 113 Å². The molecule has 0 saturated heterocycles. The van der Waals surface area contributed by atoms with Crippen molar-refractivity contribution in [1.82, 2.24) is 0 Å². The van der Waals surface area contributed by atoms with Crippen molar-refractivity contribution < 1.29 is 5.11 Å². The Morgan fingerprint density at radius 2 is 1.81 bits per heavy atom. The molecule has 2 rings (SSSR count). The van der Waals surface area contributed by atoms with Crippen LogP contribution in [0.4, 0.5) is 0 Å². The number of rotatable bonds is 1. The van der Waals surface area contributed by atoms with Crippen LogP contribution in [0.5, 0.6) is 0 Å². The van der Waals surface area contributed by atoms with E-state index in [-0.39, 0.29) is 5.92 Å². The topological polar surface area (TPSA) is 20.2 Å². The zero-order chi connectivity index (χ0) is 11.9. The molecule has 1 aliphatic carbocycles. The summed E-state index contributed by atoms with van der Waals surface area (Å²) in [5, 5.41) is 10.3. The molecule has 0 unspecified atom stereocenters. The molecule has 16 heavy (non-hydrogen) atoms. The third-order valence-corrected chi connectivity index (χ3v) is 4.92. The highest BCUT2D eigenvalue weighted by Gasteiger charge is 2.27. The van der Waals surface area contributed by atoms with Gasteiger partial charge in [-0.2, -0.15) is 0 Å². The third-order valence-electron chi connectivity index (χ3n) is 3.08. The SMILES string of the molecule is CC(C)[C@@H]1C=Cc2cc(Br)c(Br)cc2[C@H]1O. The lowest BCUT2D eigenvalue weighted by Gasteiger charge is -2.28. The van der Waals surface area contributed by atoms with Crippen molar-refractivity contribution in [2.24, 2.45) is 11.8 Å². The molecule has 0 fully saturated rings. The second-order valence-corrected chi connectivity index (χ2v) is 6.23. The van der Waals surface area contributed by atoms with Crippen molar-refractivity contribution in [3.05, 3.63) is 38.3 Å². The van der Waals surface area contributed by atoms with Crippen molar-refractivity contribution in [2.75, 3.05) is 0 Å². The Bertz CT molecular complexity index is 438. The quantitative estimate of drug-likeness (QED) is 0.791. The first-order valence-electron chi connectivity index (χ1n) is 5.36. The summed E-state index contributed by atoms with van der Waals surface area (Å²) in [6.07, 6.45) is 3.81. The zero-order valence-electron chi connectivity index (χ0n) is 9.24. The maximum Gasteiger partial charge on any atom is 0.0861 e. The Hall–Kier alpha value is -0.120. The van der Waals surface area contributed by atoms with E-state index < -0.39 is 6.10 Å². The zero-order valence-corrected chi connectivity index (χ0v) is 12.4. The largest absolute Gasteiger partial charge is 0.388 e. The number of aliphatic hydroxyl groups is 1. The minimum absolute atomic E-state index is 0.209. The maximum absolute atomic E-state index is 10.3. The van der Waals surface area contributed by atoms with Crippen LogP contribution in [0.3, 0.4) is 0 Å². The highest BCUT2D eigenvalue weighted by molar-refractivity contribution is 9.13. The highest BCUT2D eigenvalue weighted by atomic mass is 79.9. The van der Waals surface area contributed by atoms with Gasteiger partial charge in [-0.15, -0.1) is 0 Å². The van der Waals surface area contributed by atoms with E-state index in [0.717, 1.165) is 20.1 Å². The van der Waals surface area contributed by atoms with E-state index in [1.165, 1.54) is 0 Å². The minimum Gasteiger partial charge on any atom is -0.388 e. The highest BCUT2D eigenvalue weighted by Crippen LogP contribution is 2.39. The van der Waals surface area contributed by atoms with Gasteiger partial charge in [0.05, 0.1) is 6.10 Å². The number of benzene rings is 1. The van der Waals surface area contributed by atoms with Crippen molar-refractivity contribution in [2.45, 2.75) is 20.0 Å². The van der Waals surface area contributed by atoms with Gasteiger partial charge in [0, 0.05) is 14.9 Å². The molecule has 3 heteroatoms. The van der Waals surface area contributed by atoms with Crippen molar-refractivity contribution in [1.29, 1.82) is 0 Å². The van der Waals surface area contributed by atoms with Crippen LogP contribution in [-0.2, 0) is 0 Å². The first kappa shape index (κ1) is 12.3. The first-order chi connectivity index (χ1) is 7.50. The number of hydrogen-bond donors (Lipinski definition) is 1. The van der Waals surface area contributed by atoms with Crippen molar-refractivity contribution in [3.63, 3.8) is 0 Å². The molecule has 0 aromatic heterocycles. The van der Waals surface area contributed by atoms with Gasteiger partial charge in [0.15, 0.2) is 0 Å². The van der Waals surface area contributed by atoms with E-state index in [2.05, 4.69) is 57.9 Å². The molecule has 0 amide bonds. The Kier molecular flexibility index (Phi) is 3.57. The van der Waals surface area contributed by atoms with Crippen LogP contribution in [-0.4, -0.2) is 5.11 Å². The first-order valence-corrected chi connectivity index (χ1v) is 6.94. The van der Waals surface area contributed by atoms with Crippen LogP contribution >= 0.6 is 31.9 Å². The third kappa shape index (κ3) is 2.13. The van der Waals surface area contributed by atoms with E-state index in [9.17, 15) is 5.11 Å². The lowest BCUT2D eigenvalue weighted by atomic mass is 9.81. The molecule has 0 aliphatic heterocycles. The number of hydrogen-bond acceptors (Lipinski definition) is 1. The van der Waals surface area contributed by atoms with Gasteiger partial charge in [0.2, 0.25) is 0 Å². The molecule has 1 nitrogen and oxygen atoms in total. The van der Waals surface area contributed by atoms with Gasteiger partial charge in [0.25, 0.3) is 0 Å². The molecular formula is C13H14Br2O. The molecule has 0 spiro atoms. The van der Waals surface area contributed by atoms with Crippen LogP contribution in [0.15, 0.2) is 27.2 Å². The van der Waals surface area contributed by atoms with Crippen LogP contribution in [0, 0.1) is 11.8 Å². The average molecular weight is 346 g/mol. The fourth-order valence-corrected chi connectivity index (χ4v) is 2.81. The summed E-state index contributed by atoms with van der Waals surface area (Å²) in [6, 6.07) is 4.04. The van der Waals surface area contributed by atoms with Crippen LogP contribution < -0.4 is 0 Å². The van der Waals surface area contributed by atoms with E-state index >= 15 is 0 Å². The average Bonchev–Trinajstić information content (AvgIpc) is 2.21. The van der Waals surface area contributed by atoms with E-state index in [0.29, 0.717) is 5.92 Å². The summed E-state index contributed by atoms with van der Waals surface area (Å²) in [6.45, 7) is 4.27. The number of halogens is 2. The Balaban J connectivity index is 2.48. The van der Waals surface area contributed by atoms with Gasteiger partial charge in [0.1, 0.15) is 0 Å². The Morgan fingerprint density at radius 3 is 2.44 bits per heavy atom. The summed E-state index contributed by atoms with van der Waals surface area (Å²) in [7, 11) is 0. The Morgan fingerprint density at radius 1 is 1.19 bits per heavy atom. The summed E-state index contributed by atoms with van der Waals surface area (Å²) in [4.78, 5) is 0. The molecule has 86 valence electrons. The van der Waals surface area contributed by atoms with Crippen molar-refractivity contribution in [3.8, 4) is 0 Å². The predicted octanol–water partition coefficient (Wildman–Crippen LogP) is 4.54. The molecule has 1 aliphatic rings. The monoisotopic (exact) mass is 344 g/mol. The molecule has 0 bridgehead atoms. The number of fused-ring (bicyclic) bond motifs is 1. The second-order valence-electron chi connectivity index (χ2n) is 4.52. The summed E-state index contributed by atoms with van der Waals surface area (Å²) in [5.41, 5.74) is 2.11. The van der Waals surface area contributed by atoms with E-state index in [4.69, 9.17) is 0 Å². The molecule has 0 radical (unpaired) electrons. The summed E-state index contributed by atoms with van der Waals surface area (Å²) >= 11 is 6.95. The van der Waals surface area contributed by atoms with E-state index in [1.54, 1.807) is 0 Å². The second kappa shape index (κ2) is 4.63. The van der Waals surface area contributed by atoms with E-state index in [1.807, 2.05) is 12.1 Å². The van der Waals surface area contributed by atoms with Gasteiger partial charge < -0.3 is 5.11 Å². The normalized spacial score (nSPS) is 23.6. The van der Waals surface area contributed by atoms with Gasteiger partial charge >= 0.3 is 0 Å². The molecule has 0 saturated carbocycles. The van der Waals surface area contributed by atoms with Crippen LogP contribution in [0.25, 0.3) is 6.08 Å². The lowest BCUT2D eigenvalue weighted by Crippen LogP contribution is -2.19. The van der Waals surface area contributed by atoms with Crippen LogP contribution in [0.2, 0.25) is 0 Å².